The molecule has 0 heterocycles. The van der Waals surface area contributed by atoms with Crippen LogP contribution in [0.3, 0.4) is 0 Å². The van der Waals surface area contributed by atoms with Crippen molar-refractivity contribution < 1.29 is 9.53 Å². The lowest BCUT2D eigenvalue weighted by Crippen LogP contribution is -2.47. The molecule has 3 nitrogen and oxygen atoms in total. The van der Waals surface area contributed by atoms with Gasteiger partial charge in [-0.1, -0.05) is 60.7 Å². The van der Waals surface area contributed by atoms with Crippen LogP contribution >= 0.6 is 0 Å². The predicted octanol–water partition coefficient (Wildman–Crippen LogP) is 2.26. The van der Waals surface area contributed by atoms with E-state index >= 15 is 0 Å². The van der Waals surface area contributed by atoms with Crippen LogP contribution in [0.4, 0.5) is 0 Å². The van der Waals surface area contributed by atoms with Gasteiger partial charge in [-0.3, -0.25) is 0 Å². The van der Waals surface area contributed by atoms with E-state index in [0.717, 1.165) is 11.1 Å². The highest BCUT2D eigenvalue weighted by atomic mass is 16.5. The summed E-state index contributed by atoms with van der Waals surface area (Å²) in [7, 11) is 1.36. The number of esters is 1. The first-order chi connectivity index (χ1) is 9.16. The van der Waals surface area contributed by atoms with Gasteiger partial charge in [0.2, 0.25) is 0 Å². The van der Waals surface area contributed by atoms with Gasteiger partial charge < -0.3 is 10.5 Å². The number of hydrogen-bond acceptors (Lipinski definition) is 3. The van der Waals surface area contributed by atoms with E-state index in [1.54, 1.807) is 0 Å². The zero-order valence-corrected chi connectivity index (χ0v) is 10.9. The molecule has 0 amide bonds. The van der Waals surface area contributed by atoms with Crippen molar-refractivity contribution in [2.24, 2.45) is 5.73 Å². The second-order valence-corrected chi connectivity index (χ2v) is 4.49. The van der Waals surface area contributed by atoms with Gasteiger partial charge in [-0.25, -0.2) is 4.79 Å². The zero-order chi connectivity index (χ0) is 13.7. The monoisotopic (exact) mass is 255 g/mol. The Balaban J connectivity index is 2.39. The zero-order valence-electron chi connectivity index (χ0n) is 10.9. The van der Waals surface area contributed by atoms with Crippen LogP contribution in [0.15, 0.2) is 60.7 Å². The summed E-state index contributed by atoms with van der Waals surface area (Å²) in [6.45, 7) is 0. The van der Waals surface area contributed by atoms with Crippen molar-refractivity contribution >= 4 is 5.97 Å². The van der Waals surface area contributed by atoms with Gasteiger partial charge in [0.1, 0.15) is 5.54 Å². The van der Waals surface area contributed by atoms with E-state index in [-0.39, 0.29) is 0 Å². The number of rotatable bonds is 4. The first-order valence-corrected chi connectivity index (χ1v) is 6.13. The number of methoxy groups -OCH3 is 1. The number of carbonyl (C=O) groups excluding carboxylic acids is 1. The van der Waals surface area contributed by atoms with Crippen LogP contribution in [0.2, 0.25) is 0 Å². The SMILES string of the molecule is COC(=O)C(N)(Cc1ccccc1)c1ccccc1. The van der Waals surface area contributed by atoms with Crippen molar-refractivity contribution in [3.8, 4) is 0 Å². The molecule has 0 bridgehead atoms. The van der Waals surface area contributed by atoms with Crippen molar-refractivity contribution in [3.63, 3.8) is 0 Å². The average Bonchev–Trinajstić information content (AvgIpc) is 2.48. The molecule has 2 aromatic rings. The highest BCUT2D eigenvalue weighted by Crippen LogP contribution is 2.24. The van der Waals surface area contributed by atoms with E-state index in [1.165, 1.54) is 7.11 Å². The molecular formula is C16H17NO2. The third kappa shape index (κ3) is 2.83. The maximum Gasteiger partial charge on any atom is 0.330 e. The van der Waals surface area contributed by atoms with E-state index in [4.69, 9.17) is 10.5 Å². The van der Waals surface area contributed by atoms with Crippen molar-refractivity contribution in [1.29, 1.82) is 0 Å². The Morgan fingerprint density at radius 3 is 2.11 bits per heavy atom. The van der Waals surface area contributed by atoms with E-state index in [1.807, 2.05) is 60.7 Å². The van der Waals surface area contributed by atoms with Crippen LogP contribution in [-0.4, -0.2) is 13.1 Å². The summed E-state index contributed by atoms with van der Waals surface area (Å²) in [4.78, 5) is 12.1. The number of ether oxygens (including phenoxy) is 1. The van der Waals surface area contributed by atoms with Crippen LogP contribution in [-0.2, 0) is 21.5 Å². The van der Waals surface area contributed by atoms with Crippen LogP contribution in [0, 0.1) is 0 Å². The Morgan fingerprint density at radius 2 is 1.58 bits per heavy atom. The molecule has 0 saturated carbocycles. The molecule has 2 N–H and O–H groups in total. The van der Waals surface area contributed by atoms with Gasteiger partial charge in [0, 0.05) is 6.42 Å². The maximum absolute atomic E-state index is 12.1. The molecule has 0 spiro atoms. The second-order valence-electron chi connectivity index (χ2n) is 4.49. The Kier molecular flexibility index (Phi) is 3.97. The fourth-order valence-electron chi connectivity index (χ4n) is 2.13. The average molecular weight is 255 g/mol. The van der Waals surface area contributed by atoms with E-state index in [2.05, 4.69) is 0 Å². The molecule has 0 fully saturated rings. The second kappa shape index (κ2) is 5.67. The molecule has 2 aromatic carbocycles. The fraction of sp³-hybridized carbons (Fsp3) is 0.188. The van der Waals surface area contributed by atoms with Crippen LogP contribution in [0.5, 0.6) is 0 Å². The summed E-state index contributed by atoms with van der Waals surface area (Å²) in [5.74, 6) is -0.428. The Hall–Kier alpha value is -2.13. The van der Waals surface area contributed by atoms with Crippen molar-refractivity contribution in [3.05, 3.63) is 71.8 Å². The number of carbonyl (C=O) groups is 1. The molecule has 0 aliphatic heterocycles. The highest BCUT2D eigenvalue weighted by molar-refractivity contribution is 5.82. The molecule has 0 aliphatic rings. The topological polar surface area (TPSA) is 52.3 Å². The maximum atomic E-state index is 12.1. The summed E-state index contributed by atoms with van der Waals surface area (Å²) in [6.07, 6.45) is 0.407. The summed E-state index contributed by atoms with van der Waals surface area (Å²) < 4.78 is 4.88. The molecule has 0 saturated heterocycles. The Morgan fingerprint density at radius 1 is 1.05 bits per heavy atom. The van der Waals surface area contributed by atoms with Gasteiger partial charge in [-0.15, -0.1) is 0 Å². The summed E-state index contributed by atoms with van der Waals surface area (Å²) in [5, 5.41) is 0. The molecule has 2 rings (SSSR count). The van der Waals surface area contributed by atoms with Crippen molar-refractivity contribution in [2.45, 2.75) is 12.0 Å². The molecular weight excluding hydrogens is 238 g/mol. The highest BCUT2D eigenvalue weighted by Gasteiger charge is 2.37. The number of hydrogen-bond donors (Lipinski definition) is 1. The standard InChI is InChI=1S/C16H17NO2/c1-19-15(18)16(17,14-10-6-3-7-11-14)12-13-8-4-2-5-9-13/h2-11H,12,17H2,1H3. The third-order valence-corrected chi connectivity index (χ3v) is 3.16. The van der Waals surface area contributed by atoms with Gasteiger partial charge >= 0.3 is 5.97 Å². The first kappa shape index (κ1) is 13.3. The van der Waals surface area contributed by atoms with Crippen LogP contribution < -0.4 is 5.73 Å². The normalized spacial score (nSPS) is 13.6. The number of benzene rings is 2. The Labute approximate surface area is 113 Å². The smallest absolute Gasteiger partial charge is 0.330 e. The summed E-state index contributed by atoms with van der Waals surface area (Å²) >= 11 is 0. The molecule has 0 aromatic heterocycles. The van der Waals surface area contributed by atoms with E-state index in [0.29, 0.717) is 6.42 Å². The fourth-order valence-corrected chi connectivity index (χ4v) is 2.13. The molecule has 1 atom stereocenters. The minimum atomic E-state index is -1.16. The van der Waals surface area contributed by atoms with Crippen molar-refractivity contribution in [1.82, 2.24) is 0 Å². The summed E-state index contributed by atoms with van der Waals surface area (Å²) in [6, 6.07) is 19.0. The molecule has 1 unspecified atom stereocenters. The van der Waals surface area contributed by atoms with Gasteiger partial charge in [-0.2, -0.15) is 0 Å². The van der Waals surface area contributed by atoms with Crippen molar-refractivity contribution in [2.75, 3.05) is 7.11 Å². The van der Waals surface area contributed by atoms with Crippen LogP contribution in [0.1, 0.15) is 11.1 Å². The van der Waals surface area contributed by atoms with Gasteiger partial charge in [0.15, 0.2) is 0 Å². The van der Waals surface area contributed by atoms with Gasteiger partial charge in [0.05, 0.1) is 7.11 Å². The van der Waals surface area contributed by atoms with E-state index in [9.17, 15) is 4.79 Å². The third-order valence-electron chi connectivity index (χ3n) is 3.16. The minimum Gasteiger partial charge on any atom is -0.467 e. The lowest BCUT2D eigenvalue weighted by Gasteiger charge is -2.27. The molecule has 0 radical (unpaired) electrons. The first-order valence-electron chi connectivity index (χ1n) is 6.13. The Bertz CT molecular complexity index is 539. The quantitative estimate of drug-likeness (QED) is 0.853. The summed E-state index contributed by atoms with van der Waals surface area (Å²) in [5.41, 5.74) is 6.93. The molecule has 0 aliphatic carbocycles. The molecule has 19 heavy (non-hydrogen) atoms. The van der Waals surface area contributed by atoms with Crippen LogP contribution in [0.25, 0.3) is 0 Å². The minimum absolute atomic E-state index is 0.407. The number of nitrogens with two attached hydrogens (primary N) is 1. The van der Waals surface area contributed by atoms with Gasteiger partial charge in [-0.05, 0) is 11.1 Å². The lowest BCUT2D eigenvalue weighted by atomic mass is 9.85. The molecule has 3 heteroatoms. The van der Waals surface area contributed by atoms with Gasteiger partial charge in [0.25, 0.3) is 0 Å². The largest absolute Gasteiger partial charge is 0.467 e. The molecule has 98 valence electrons. The van der Waals surface area contributed by atoms with E-state index < -0.39 is 11.5 Å². The predicted molar refractivity (Wildman–Crippen MR) is 74.5 cm³/mol. The lowest BCUT2D eigenvalue weighted by molar-refractivity contribution is -0.147.